The Hall–Kier alpha value is -1.68. The first-order valence-corrected chi connectivity index (χ1v) is 10.3. The second-order valence-corrected chi connectivity index (χ2v) is 8.60. The summed E-state index contributed by atoms with van der Waals surface area (Å²) in [7, 11) is -3.64. The molecule has 3 rings (SSSR count). The number of pyridine rings is 1. The zero-order valence-electron chi connectivity index (χ0n) is 15.5. The first kappa shape index (κ1) is 21.6. The maximum Gasteiger partial charge on any atom is 0.245 e. The fourth-order valence-corrected chi connectivity index (χ4v) is 4.71. The van der Waals surface area contributed by atoms with Crippen molar-refractivity contribution >= 4 is 39.4 Å². The molecule has 1 fully saturated rings. The van der Waals surface area contributed by atoms with Gasteiger partial charge >= 0.3 is 0 Å². The maximum atomic E-state index is 13.0. The molecule has 10 heteroatoms. The van der Waals surface area contributed by atoms with E-state index in [0.717, 1.165) is 6.42 Å². The van der Waals surface area contributed by atoms with E-state index in [2.05, 4.69) is 9.97 Å². The zero-order valence-corrected chi connectivity index (χ0v) is 17.1. The molecule has 3 heterocycles. The number of rotatable bonds is 5. The summed E-state index contributed by atoms with van der Waals surface area (Å²) in [6.45, 7) is 5.17. The Kier molecular flexibility index (Phi) is 6.85. The van der Waals surface area contributed by atoms with Crippen molar-refractivity contribution in [2.24, 2.45) is 11.7 Å². The number of piperazine rings is 1. The number of halogens is 1. The summed E-state index contributed by atoms with van der Waals surface area (Å²) in [5.74, 6) is -0.00400. The second-order valence-electron chi connectivity index (χ2n) is 6.69. The fourth-order valence-electron chi connectivity index (χ4n) is 3.14. The number of nitrogens with two attached hydrogens (primary N) is 1. The highest BCUT2D eigenvalue weighted by Gasteiger charge is 2.33. The van der Waals surface area contributed by atoms with E-state index in [4.69, 9.17) is 5.73 Å². The topological polar surface area (TPSA) is 112 Å². The summed E-state index contributed by atoms with van der Waals surface area (Å²) in [5, 5.41) is 0.574. The smallest absolute Gasteiger partial charge is 0.245 e. The molecule has 1 aliphatic heterocycles. The molecule has 0 saturated carbocycles. The van der Waals surface area contributed by atoms with Crippen molar-refractivity contribution in [3.05, 3.63) is 24.5 Å². The molecule has 1 aliphatic rings. The number of aromatic amines is 1. The van der Waals surface area contributed by atoms with Crippen molar-refractivity contribution in [3.63, 3.8) is 0 Å². The molecule has 8 nitrogen and oxygen atoms in total. The van der Waals surface area contributed by atoms with Crippen LogP contribution < -0.4 is 5.73 Å². The molecule has 150 valence electrons. The number of nitrogens with one attached hydrogen (secondary N) is 1. The largest absolute Gasteiger partial charge is 0.345 e. The monoisotopic (exact) mass is 415 g/mol. The number of fused-ring (bicyclic) bond motifs is 1. The number of aromatic nitrogens is 2. The molecular weight excluding hydrogens is 390 g/mol. The van der Waals surface area contributed by atoms with Gasteiger partial charge in [-0.15, -0.1) is 12.4 Å². The number of H-pyrrole nitrogens is 1. The number of hydrogen-bond donors (Lipinski definition) is 2. The van der Waals surface area contributed by atoms with Crippen LogP contribution in [-0.4, -0.2) is 65.7 Å². The Labute approximate surface area is 165 Å². The van der Waals surface area contributed by atoms with E-state index in [1.165, 1.54) is 10.5 Å². The van der Waals surface area contributed by atoms with Gasteiger partial charge in [-0.1, -0.05) is 20.3 Å². The molecule has 27 heavy (non-hydrogen) atoms. The second kappa shape index (κ2) is 8.55. The van der Waals surface area contributed by atoms with Crippen molar-refractivity contribution in [2.45, 2.75) is 31.2 Å². The van der Waals surface area contributed by atoms with Crippen LogP contribution in [0.5, 0.6) is 0 Å². The lowest BCUT2D eigenvalue weighted by Crippen LogP contribution is -2.55. The quantitative estimate of drug-likeness (QED) is 0.761. The third-order valence-corrected chi connectivity index (χ3v) is 7.06. The summed E-state index contributed by atoms with van der Waals surface area (Å²) in [6.07, 6.45) is 3.92. The van der Waals surface area contributed by atoms with E-state index >= 15 is 0 Å². The lowest BCUT2D eigenvalue weighted by Gasteiger charge is -2.35. The van der Waals surface area contributed by atoms with Gasteiger partial charge in [-0.25, -0.2) is 13.4 Å². The van der Waals surface area contributed by atoms with Crippen LogP contribution in [0.25, 0.3) is 11.0 Å². The Morgan fingerprint density at radius 1 is 1.33 bits per heavy atom. The maximum absolute atomic E-state index is 13.0. The Morgan fingerprint density at radius 2 is 2.00 bits per heavy atom. The Morgan fingerprint density at radius 3 is 2.63 bits per heavy atom. The van der Waals surface area contributed by atoms with Crippen LogP contribution >= 0.6 is 12.4 Å². The molecule has 2 aromatic heterocycles. The summed E-state index contributed by atoms with van der Waals surface area (Å²) in [5.41, 5.74) is 6.57. The number of carbonyl (C=O) groups excluding carboxylic acids is 1. The van der Waals surface area contributed by atoms with Crippen LogP contribution in [0, 0.1) is 5.92 Å². The standard InChI is InChI=1S/C17H25N5O3S.ClH/c1-3-12(2)15(18)17(23)21-7-9-22(10-8-21)26(24,25)14-11-20-16-13(14)5-4-6-19-16;/h4-6,11-12,15H,3,7-10,18H2,1-2H3,(H,19,20);1H. The van der Waals surface area contributed by atoms with Crippen molar-refractivity contribution in [2.75, 3.05) is 26.2 Å². The highest BCUT2D eigenvalue weighted by molar-refractivity contribution is 7.89. The molecular formula is C17H26ClN5O3S. The molecule has 0 aliphatic carbocycles. The summed E-state index contributed by atoms with van der Waals surface area (Å²) in [6, 6.07) is 2.90. The minimum absolute atomic E-state index is 0. The lowest BCUT2D eigenvalue weighted by atomic mass is 9.99. The molecule has 2 unspecified atom stereocenters. The van der Waals surface area contributed by atoms with Gasteiger partial charge in [0, 0.05) is 44.0 Å². The Bertz CT molecular complexity index is 893. The van der Waals surface area contributed by atoms with Crippen LogP contribution in [0.1, 0.15) is 20.3 Å². The van der Waals surface area contributed by atoms with Gasteiger partial charge in [0.25, 0.3) is 0 Å². The van der Waals surface area contributed by atoms with Crippen molar-refractivity contribution in [3.8, 4) is 0 Å². The van der Waals surface area contributed by atoms with Gasteiger partial charge in [0.05, 0.1) is 6.04 Å². The molecule has 2 atom stereocenters. The first-order valence-electron chi connectivity index (χ1n) is 8.83. The molecule has 1 saturated heterocycles. The Balaban J connectivity index is 0.00000261. The molecule has 0 spiro atoms. The van der Waals surface area contributed by atoms with Crippen molar-refractivity contribution in [1.29, 1.82) is 0 Å². The van der Waals surface area contributed by atoms with Crippen LogP contribution in [0.3, 0.4) is 0 Å². The minimum atomic E-state index is -3.64. The van der Waals surface area contributed by atoms with Crippen LogP contribution in [-0.2, 0) is 14.8 Å². The highest BCUT2D eigenvalue weighted by Crippen LogP contribution is 2.25. The van der Waals surface area contributed by atoms with Gasteiger partial charge in [-0.2, -0.15) is 4.31 Å². The van der Waals surface area contributed by atoms with Crippen molar-refractivity contribution in [1.82, 2.24) is 19.2 Å². The summed E-state index contributed by atoms with van der Waals surface area (Å²) < 4.78 is 27.4. The molecule has 1 amide bonds. The zero-order chi connectivity index (χ0) is 18.9. The molecule has 0 aromatic carbocycles. The average Bonchev–Trinajstić information content (AvgIpc) is 3.11. The minimum Gasteiger partial charge on any atom is -0.345 e. The summed E-state index contributed by atoms with van der Waals surface area (Å²) >= 11 is 0. The van der Waals surface area contributed by atoms with Crippen LogP contribution in [0.2, 0.25) is 0 Å². The highest BCUT2D eigenvalue weighted by atomic mass is 35.5. The lowest BCUT2D eigenvalue weighted by molar-refractivity contribution is -0.134. The van der Waals surface area contributed by atoms with E-state index in [9.17, 15) is 13.2 Å². The van der Waals surface area contributed by atoms with E-state index in [-0.39, 0.29) is 42.2 Å². The number of carbonyl (C=O) groups is 1. The number of amides is 1. The number of sulfonamides is 1. The predicted molar refractivity (Wildman–Crippen MR) is 106 cm³/mol. The molecule has 2 aromatic rings. The molecule has 0 bridgehead atoms. The fraction of sp³-hybridized carbons (Fsp3) is 0.529. The van der Waals surface area contributed by atoms with Gasteiger partial charge in [0.2, 0.25) is 15.9 Å². The molecule has 0 radical (unpaired) electrons. The van der Waals surface area contributed by atoms with Gasteiger partial charge in [0.15, 0.2) is 0 Å². The van der Waals surface area contributed by atoms with Crippen LogP contribution in [0.15, 0.2) is 29.4 Å². The van der Waals surface area contributed by atoms with Gasteiger partial charge in [0.1, 0.15) is 10.5 Å². The van der Waals surface area contributed by atoms with Crippen LogP contribution in [0.4, 0.5) is 0 Å². The number of nitrogens with zero attached hydrogens (tertiary/aromatic N) is 3. The van der Waals surface area contributed by atoms with E-state index < -0.39 is 16.1 Å². The summed E-state index contributed by atoms with van der Waals surface area (Å²) in [4.78, 5) is 21.4. The van der Waals surface area contributed by atoms with Gasteiger partial charge in [-0.3, -0.25) is 4.79 Å². The SMILES string of the molecule is CCC(C)C(N)C(=O)N1CCN(S(=O)(=O)c2c[nH]c3ncccc23)CC1.Cl. The average molecular weight is 416 g/mol. The first-order chi connectivity index (χ1) is 12.4. The van der Waals surface area contributed by atoms with E-state index in [1.54, 1.807) is 23.2 Å². The normalized spacial score (nSPS) is 18.1. The van der Waals surface area contributed by atoms with E-state index in [0.29, 0.717) is 24.1 Å². The third kappa shape index (κ3) is 4.11. The third-order valence-electron chi connectivity index (χ3n) is 5.12. The van der Waals surface area contributed by atoms with Crippen molar-refractivity contribution < 1.29 is 13.2 Å². The molecule has 3 N–H and O–H groups in total. The van der Waals surface area contributed by atoms with Gasteiger partial charge in [-0.05, 0) is 18.1 Å². The number of hydrogen-bond acceptors (Lipinski definition) is 5. The predicted octanol–water partition coefficient (Wildman–Crippen LogP) is 1.19. The van der Waals surface area contributed by atoms with Gasteiger partial charge < -0.3 is 15.6 Å². The van der Waals surface area contributed by atoms with E-state index in [1.807, 2.05) is 13.8 Å².